The van der Waals surface area contributed by atoms with Crippen LogP contribution < -0.4 is 10.6 Å². The number of hydrogen-bond acceptors (Lipinski definition) is 4. The molecule has 1 aromatic rings. The van der Waals surface area contributed by atoms with Crippen LogP contribution in [0.2, 0.25) is 0 Å². The van der Waals surface area contributed by atoms with Gasteiger partial charge in [0.1, 0.15) is 0 Å². The Morgan fingerprint density at radius 2 is 1.93 bits per heavy atom. The third-order valence-electron chi connectivity index (χ3n) is 5.23. The highest BCUT2D eigenvalue weighted by molar-refractivity contribution is 5.85. The van der Waals surface area contributed by atoms with Crippen molar-refractivity contribution in [3.63, 3.8) is 0 Å². The molecule has 1 aliphatic carbocycles. The Balaban J connectivity index is 0.00000338. The number of carbonyl (C=O) groups is 1. The molecule has 3 N–H and O–H groups in total. The maximum absolute atomic E-state index is 11.2. The zero-order valence-electron chi connectivity index (χ0n) is 16.8. The van der Waals surface area contributed by atoms with Gasteiger partial charge in [-0.3, -0.25) is 9.78 Å². The maximum Gasteiger partial charge on any atom is 0.217 e. The van der Waals surface area contributed by atoms with Crippen LogP contribution in [-0.2, 0) is 4.79 Å². The number of aryl methyl sites for hydroxylation is 1. The quantitative estimate of drug-likeness (QED) is 0.629. The van der Waals surface area contributed by atoms with Crippen LogP contribution in [0, 0.1) is 12.8 Å². The Bertz CT molecular complexity index is 576. The lowest BCUT2D eigenvalue weighted by molar-refractivity contribution is -0.119. The van der Waals surface area contributed by atoms with E-state index in [1.54, 1.807) is 13.1 Å². The lowest BCUT2D eigenvalue weighted by atomic mass is 9.79. The summed E-state index contributed by atoms with van der Waals surface area (Å²) in [6, 6.07) is 4.15. The molecular formula is C20H35Cl2N3O2. The van der Waals surface area contributed by atoms with Gasteiger partial charge in [0.05, 0.1) is 6.10 Å². The molecule has 0 bridgehead atoms. The normalized spacial score (nSPS) is 20.8. The number of aliphatic hydroxyl groups is 1. The molecule has 1 amide bonds. The van der Waals surface area contributed by atoms with E-state index in [1.807, 2.05) is 19.1 Å². The summed E-state index contributed by atoms with van der Waals surface area (Å²) in [7, 11) is 0. The number of aromatic nitrogens is 1. The van der Waals surface area contributed by atoms with Gasteiger partial charge < -0.3 is 15.7 Å². The van der Waals surface area contributed by atoms with Crippen LogP contribution in [0.15, 0.2) is 18.3 Å². The van der Waals surface area contributed by atoms with E-state index in [9.17, 15) is 9.90 Å². The Hall–Kier alpha value is -0.880. The fraction of sp³-hybridized carbons (Fsp3) is 0.700. The van der Waals surface area contributed by atoms with Crippen molar-refractivity contribution in [2.75, 3.05) is 6.54 Å². The predicted molar refractivity (Wildman–Crippen MR) is 115 cm³/mol. The number of nitrogens with zero attached hydrogens (tertiary/aromatic N) is 1. The molecule has 7 heteroatoms. The minimum Gasteiger partial charge on any atom is -0.387 e. The molecular weight excluding hydrogens is 385 g/mol. The van der Waals surface area contributed by atoms with Crippen molar-refractivity contribution in [3.05, 3.63) is 29.6 Å². The average Bonchev–Trinajstić information content (AvgIpc) is 2.54. The van der Waals surface area contributed by atoms with E-state index in [1.165, 1.54) is 0 Å². The second kappa shape index (κ2) is 11.8. The molecule has 5 nitrogen and oxygen atoms in total. The molecule has 0 radical (unpaired) electrons. The first-order valence-corrected chi connectivity index (χ1v) is 9.38. The van der Waals surface area contributed by atoms with Crippen LogP contribution in [0.25, 0.3) is 0 Å². The molecule has 27 heavy (non-hydrogen) atoms. The van der Waals surface area contributed by atoms with E-state index in [4.69, 9.17) is 0 Å². The molecule has 0 aromatic carbocycles. The largest absolute Gasteiger partial charge is 0.387 e. The number of pyridine rings is 1. The number of β-amino-alcohol motifs (C(OH)–C–C–N with tert-alkyl or cyclic N) is 1. The summed E-state index contributed by atoms with van der Waals surface area (Å²) in [5.74, 6) is 0.745. The highest BCUT2D eigenvalue weighted by Crippen LogP contribution is 2.31. The SMILES string of the molecule is CC(=O)NC1CCC(CC(C)(C)NC[C@H](O)c2cccnc2C)CC1.Cl.Cl. The van der Waals surface area contributed by atoms with E-state index < -0.39 is 6.10 Å². The first kappa shape index (κ1) is 26.1. The summed E-state index contributed by atoms with van der Waals surface area (Å²) >= 11 is 0. The van der Waals surface area contributed by atoms with Crippen LogP contribution in [0.3, 0.4) is 0 Å². The molecule has 1 saturated carbocycles. The van der Waals surface area contributed by atoms with Crippen LogP contribution in [0.4, 0.5) is 0 Å². The number of carbonyl (C=O) groups excluding carboxylic acids is 1. The zero-order valence-corrected chi connectivity index (χ0v) is 18.5. The third-order valence-corrected chi connectivity index (χ3v) is 5.23. The van der Waals surface area contributed by atoms with E-state index in [0.29, 0.717) is 18.5 Å². The fourth-order valence-electron chi connectivity index (χ4n) is 3.92. The highest BCUT2D eigenvalue weighted by Gasteiger charge is 2.28. The Morgan fingerprint density at radius 3 is 2.48 bits per heavy atom. The number of nitrogens with one attached hydrogen (secondary N) is 2. The second-order valence-corrected chi connectivity index (χ2v) is 8.08. The lowest BCUT2D eigenvalue weighted by Gasteiger charge is -2.35. The summed E-state index contributed by atoms with van der Waals surface area (Å²) in [6.45, 7) is 8.46. The molecule has 2 rings (SSSR count). The molecule has 1 aliphatic rings. The van der Waals surface area contributed by atoms with Crippen molar-refractivity contribution in [1.29, 1.82) is 0 Å². The molecule has 1 aromatic heterocycles. The Labute approximate surface area is 175 Å². The smallest absolute Gasteiger partial charge is 0.217 e. The lowest BCUT2D eigenvalue weighted by Crippen LogP contribution is -2.44. The maximum atomic E-state index is 11.2. The van der Waals surface area contributed by atoms with Crippen LogP contribution in [0.5, 0.6) is 0 Å². The van der Waals surface area contributed by atoms with Crippen LogP contribution in [0.1, 0.15) is 70.2 Å². The number of halogens is 2. The van der Waals surface area contributed by atoms with Gasteiger partial charge in [0.15, 0.2) is 0 Å². The molecule has 0 spiro atoms. The van der Waals surface area contributed by atoms with Crippen molar-refractivity contribution in [1.82, 2.24) is 15.6 Å². The summed E-state index contributed by atoms with van der Waals surface area (Å²) in [4.78, 5) is 15.4. The van der Waals surface area contributed by atoms with Gasteiger partial charge in [-0.2, -0.15) is 0 Å². The fourth-order valence-corrected chi connectivity index (χ4v) is 3.92. The average molecular weight is 420 g/mol. The van der Waals surface area contributed by atoms with Gasteiger partial charge in [-0.05, 0) is 64.9 Å². The van der Waals surface area contributed by atoms with Gasteiger partial charge in [0, 0.05) is 42.5 Å². The minimum absolute atomic E-state index is 0. The first-order chi connectivity index (χ1) is 11.8. The van der Waals surface area contributed by atoms with Crippen LogP contribution in [-0.4, -0.2) is 34.1 Å². The van der Waals surface area contributed by atoms with Crippen molar-refractivity contribution >= 4 is 30.7 Å². The van der Waals surface area contributed by atoms with Gasteiger partial charge in [0.25, 0.3) is 0 Å². The van der Waals surface area contributed by atoms with Crippen molar-refractivity contribution < 1.29 is 9.90 Å². The van der Waals surface area contributed by atoms with Gasteiger partial charge in [-0.15, -0.1) is 24.8 Å². The molecule has 1 atom stereocenters. The first-order valence-electron chi connectivity index (χ1n) is 9.38. The minimum atomic E-state index is -0.538. The van der Waals surface area contributed by atoms with Crippen molar-refractivity contribution in [2.24, 2.45) is 5.92 Å². The summed E-state index contributed by atoms with van der Waals surface area (Å²) in [6.07, 6.45) is 6.73. The van der Waals surface area contributed by atoms with E-state index in [2.05, 4.69) is 29.5 Å². The van der Waals surface area contributed by atoms with E-state index >= 15 is 0 Å². The molecule has 0 saturated heterocycles. The molecule has 1 fully saturated rings. The van der Waals surface area contributed by atoms with Gasteiger partial charge in [0.2, 0.25) is 5.91 Å². The Kier molecular flexibility index (Phi) is 11.5. The van der Waals surface area contributed by atoms with Crippen molar-refractivity contribution in [2.45, 2.75) is 77.5 Å². The molecule has 0 unspecified atom stereocenters. The second-order valence-electron chi connectivity index (χ2n) is 8.08. The third kappa shape index (κ3) is 8.77. The van der Waals surface area contributed by atoms with Crippen LogP contribution >= 0.6 is 24.8 Å². The standard InChI is InChI=1S/C20H33N3O2.2ClH/c1-14-18(6-5-11-21-14)19(25)13-22-20(3,4)12-16-7-9-17(10-8-16)23-15(2)24;;/h5-6,11,16-17,19,22,25H,7-10,12-13H2,1-4H3,(H,23,24);2*1H/t16?,17?,19-;;/m0../s1. The summed E-state index contributed by atoms with van der Waals surface area (Å²) in [5, 5.41) is 17.0. The Morgan fingerprint density at radius 1 is 1.30 bits per heavy atom. The van der Waals surface area contributed by atoms with E-state index in [0.717, 1.165) is 43.4 Å². The molecule has 1 heterocycles. The molecule has 0 aliphatic heterocycles. The van der Waals surface area contributed by atoms with Gasteiger partial charge >= 0.3 is 0 Å². The van der Waals surface area contributed by atoms with Gasteiger partial charge in [-0.25, -0.2) is 0 Å². The number of amides is 1. The summed E-state index contributed by atoms with van der Waals surface area (Å²) in [5.41, 5.74) is 1.75. The monoisotopic (exact) mass is 419 g/mol. The number of rotatable bonds is 7. The predicted octanol–water partition coefficient (Wildman–Crippen LogP) is 3.72. The van der Waals surface area contributed by atoms with Gasteiger partial charge in [-0.1, -0.05) is 6.07 Å². The van der Waals surface area contributed by atoms with Crippen molar-refractivity contribution in [3.8, 4) is 0 Å². The number of hydrogen-bond donors (Lipinski definition) is 3. The summed E-state index contributed by atoms with van der Waals surface area (Å²) < 4.78 is 0. The topological polar surface area (TPSA) is 74.2 Å². The molecule has 156 valence electrons. The number of aliphatic hydroxyl groups excluding tert-OH is 1. The zero-order chi connectivity index (χ0) is 18.4. The highest BCUT2D eigenvalue weighted by atomic mass is 35.5. The van der Waals surface area contributed by atoms with E-state index in [-0.39, 0.29) is 36.3 Å².